The standard InChI is InChI=1S/C24H31N5O5/c1-24(23(32)26-16-7-5-6-8-16)14-29-19(22(31)28(24)2)12-18(27-29)21(30)25-13-15-9-10-17(33-3)11-20(15)34-4/h9-12,16H,5-8,13-14H2,1-4H3,(H,25,30)(H,26,32)/t24-/m1/s1. The second kappa shape index (κ2) is 9.36. The minimum absolute atomic E-state index is 0.115. The smallest absolute Gasteiger partial charge is 0.272 e. The normalized spacial score (nSPS) is 20.1. The van der Waals surface area contributed by atoms with Crippen molar-refractivity contribution >= 4 is 17.7 Å². The molecule has 34 heavy (non-hydrogen) atoms. The fraction of sp³-hybridized carbons (Fsp3) is 0.500. The number of aromatic nitrogens is 2. The van der Waals surface area contributed by atoms with Gasteiger partial charge in [-0.25, -0.2) is 0 Å². The third kappa shape index (κ3) is 4.32. The molecule has 0 unspecified atom stereocenters. The summed E-state index contributed by atoms with van der Waals surface area (Å²) in [6.07, 6.45) is 4.10. The van der Waals surface area contributed by atoms with E-state index < -0.39 is 11.4 Å². The third-order valence-corrected chi connectivity index (χ3v) is 6.85. The first-order chi connectivity index (χ1) is 16.3. The monoisotopic (exact) mass is 469 g/mol. The van der Waals surface area contributed by atoms with Gasteiger partial charge in [-0.2, -0.15) is 5.10 Å². The SMILES string of the molecule is COc1ccc(CNC(=O)c2cc3n(n2)C[C@](C)(C(=O)NC2CCCC2)N(C)C3=O)c(OC)c1. The van der Waals surface area contributed by atoms with E-state index in [1.165, 1.54) is 15.6 Å². The van der Waals surface area contributed by atoms with Gasteiger partial charge in [0, 0.05) is 37.3 Å². The largest absolute Gasteiger partial charge is 0.497 e. The molecule has 1 saturated carbocycles. The molecule has 4 rings (SSSR count). The summed E-state index contributed by atoms with van der Waals surface area (Å²) in [5.41, 5.74) is 0.0706. The molecule has 0 radical (unpaired) electrons. The quantitative estimate of drug-likeness (QED) is 0.638. The van der Waals surface area contributed by atoms with Gasteiger partial charge in [0.2, 0.25) is 5.91 Å². The summed E-state index contributed by atoms with van der Waals surface area (Å²) >= 11 is 0. The van der Waals surface area contributed by atoms with Gasteiger partial charge in [0.25, 0.3) is 11.8 Å². The number of hydrogen-bond acceptors (Lipinski definition) is 6. The minimum Gasteiger partial charge on any atom is -0.497 e. The molecule has 1 aliphatic carbocycles. The summed E-state index contributed by atoms with van der Waals surface area (Å²) in [6, 6.07) is 6.94. The molecule has 1 fully saturated rings. The van der Waals surface area contributed by atoms with Crippen molar-refractivity contribution in [3.8, 4) is 11.5 Å². The number of ether oxygens (including phenoxy) is 2. The van der Waals surface area contributed by atoms with Crippen LogP contribution in [0.5, 0.6) is 11.5 Å². The first kappa shape index (κ1) is 23.6. The Labute approximate surface area is 198 Å². The maximum Gasteiger partial charge on any atom is 0.272 e. The molecule has 1 atom stereocenters. The van der Waals surface area contributed by atoms with Crippen molar-refractivity contribution in [1.29, 1.82) is 0 Å². The highest BCUT2D eigenvalue weighted by molar-refractivity contribution is 6.01. The highest BCUT2D eigenvalue weighted by atomic mass is 16.5. The summed E-state index contributed by atoms with van der Waals surface area (Å²) in [6.45, 7) is 2.11. The number of methoxy groups -OCH3 is 2. The molecule has 10 nitrogen and oxygen atoms in total. The summed E-state index contributed by atoms with van der Waals surface area (Å²) in [5.74, 6) is 0.265. The number of carbonyl (C=O) groups excluding carboxylic acids is 3. The van der Waals surface area contributed by atoms with E-state index in [1.807, 2.05) is 6.07 Å². The van der Waals surface area contributed by atoms with Gasteiger partial charge in [0.15, 0.2) is 5.69 Å². The molecular weight excluding hydrogens is 438 g/mol. The topological polar surface area (TPSA) is 115 Å². The number of fused-ring (bicyclic) bond motifs is 1. The van der Waals surface area contributed by atoms with E-state index in [0.717, 1.165) is 31.2 Å². The zero-order valence-corrected chi connectivity index (χ0v) is 20.0. The number of likely N-dealkylation sites (N-methyl/N-ethyl adjacent to an activating group) is 1. The number of rotatable bonds is 7. The molecular formula is C24H31N5O5. The van der Waals surface area contributed by atoms with Crippen LogP contribution in [0.2, 0.25) is 0 Å². The van der Waals surface area contributed by atoms with Crippen molar-refractivity contribution in [2.24, 2.45) is 0 Å². The maximum absolute atomic E-state index is 13.1. The zero-order valence-electron chi connectivity index (χ0n) is 20.0. The van der Waals surface area contributed by atoms with E-state index in [0.29, 0.717) is 11.5 Å². The van der Waals surface area contributed by atoms with Gasteiger partial charge < -0.3 is 25.0 Å². The van der Waals surface area contributed by atoms with Crippen LogP contribution >= 0.6 is 0 Å². The fourth-order valence-corrected chi connectivity index (χ4v) is 4.51. The number of amides is 3. The number of hydrogen-bond donors (Lipinski definition) is 2. The Bertz CT molecular complexity index is 1110. The van der Waals surface area contributed by atoms with Gasteiger partial charge in [-0.05, 0) is 31.9 Å². The lowest BCUT2D eigenvalue weighted by atomic mass is 9.95. The van der Waals surface area contributed by atoms with Crippen molar-refractivity contribution in [2.75, 3.05) is 21.3 Å². The van der Waals surface area contributed by atoms with Crippen LogP contribution in [-0.4, -0.2) is 65.2 Å². The van der Waals surface area contributed by atoms with Gasteiger partial charge in [-0.15, -0.1) is 0 Å². The molecule has 1 aromatic carbocycles. The lowest BCUT2D eigenvalue weighted by Gasteiger charge is -2.41. The predicted octanol–water partition coefficient (Wildman–Crippen LogP) is 1.73. The van der Waals surface area contributed by atoms with Crippen LogP contribution < -0.4 is 20.1 Å². The third-order valence-electron chi connectivity index (χ3n) is 6.85. The van der Waals surface area contributed by atoms with E-state index in [4.69, 9.17) is 9.47 Å². The lowest BCUT2D eigenvalue weighted by Crippen LogP contribution is -2.63. The van der Waals surface area contributed by atoms with Gasteiger partial charge in [-0.1, -0.05) is 12.8 Å². The summed E-state index contributed by atoms with van der Waals surface area (Å²) in [4.78, 5) is 40.4. The van der Waals surface area contributed by atoms with Crippen LogP contribution in [0.4, 0.5) is 0 Å². The second-order valence-corrected chi connectivity index (χ2v) is 9.03. The molecule has 1 aliphatic heterocycles. The Balaban J connectivity index is 1.48. The van der Waals surface area contributed by atoms with E-state index >= 15 is 0 Å². The Morgan fingerprint density at radius 1 is 1.18 bits per heavy atom. The predicted molar refractivity (Wildman–Crippen MR) is 124 cm³/mol. The van der Waals surface area contributed by atoms with E-state index in [9.17, 15) is 14.4 Å². The van der Waals surface area contributed by atoms with Crippen molar-refractivity contribution in [3.05, 3.63) is 41.2 Å². The molecule has 2 N–H and O–H groups in total. The van der Waals surface area contributed by atoms with Crippen LogP contribution in [0, 0.1) is 0 Å². The molecule has 3 amide bonds. The first-order valence-electron chi connectivity index (χ1n) is 11.4. The molecule has 2 aliphatic rings. The van der Waals surface area contributed by atoms with Crippen LogP contribution in [0.1, 0.15) is 59.1 Å². The Morgan fingerprint density at radius 3 is 2.59 bits per heavy atom. The summed E-state index contributed by atoms with van der Waals surface area (Å²) in [5, 5.41) is 10.3. The Kier molecular flexibility index (Phi) is 6.49. The summed E-state index contributed by atoms with van der Waals surface area (Å²) in [7, 11) is 4.73. The van der Waals surface area contributed by atoms with Gasteiger partial charge in [-0.3, -0.25) is 19.1 Å². The van der Waals surface area contributed by atoms with E-state index in [1.54, 1.807) is 40.3 Å². The number of nitrogens with one attached hydrogen (secondary N) is 2. The summed E-state index contributed by atoms with van der Waals surface area (Å²) < 4.78 is 12.0. The number of benzene rings is 1. The molecule has 10 heteroatoms. The molecule has 182 valence electrons. The van der Waals surface area contributed by atoms with E-state index in [2.05, 4.69) is 15.7 Å². The number of carbonyl (C=O) groups is 3. The maximum atomic E-state index is 13.1. The highest BCUT2D eigenvalue weighted by Crippen LogP contribution is 2.28. The first-order valence-corrected chi connectivity index (χ1v) is 11.4. The van der Waals surface area contributed by atoms with Gasteiger partial charge >= 0.3 is 0 Å². The second-order valence-electron chi connectivity index (χ2n) is 9.03. The average Bonchev–Trinajstić information content (AvgIpc) is 3.51. The van der Waals surface area contributed by atoms with Crippen LogP contribution in [-0.2, 0) is 17.9 Å². The average molecular weight is 470 g/mol. The van der Waals surface area contributed by atoms with Crippen molar-refractivity contribution < 1.29 is 23.9 Å². The van der Waals surface area contributed by atoms with E-state index in [-0.39, 0.29) is 42.3 Å². The Morgan fingerprint density at radius 2 is 1.91 bits per heavy atom. The highest BCUT2D eigenvalue weighted by Gasteiger charge is 2.46. The molecule has 1 aromatic heterocycles. The number of nitrogens with zero attached hydrogens (tertiary/aromatic N) is 3. The van der Waals surface area contributed by atoms with Gasteiger partial charge in [0.1, 0.15) is 22.7 Å². The molecule has 0 bridgehead atoms. The lowest BCUT2D eigenvalue weighted by molar-refractivity contribution is -0.133. The molecule has 0 saturated heterocycles. The fourth-order valence-electron chi connectivity index (χ4n) is 4.51. The van der Waals surface area contributed by atoms with Crippen LogP contribution in [0.25, 0.3) is 0 Å². The Hall–Kier alpha value is -3.56. The molecule has 2 aromatic rings. The molecule has 2 heterocycles. The van der Waals surface area contributed by atoms with Crippen LogP contribution in [0.3, 0.4) is 0 Å². The minimum atomic E-state index is -1.09. The van der Waals surface area contributed by atoms with Crippen molar-refractivity contribution in [1.82, 2.24) is 25.3 Å². The molecule has 0 spiro atoms. The van der Waals surface area contributed by atoms with Crippen molar-refractivity contribution in [2.45, 2.75) is 57.3 Å². The zero-order chi connectivity index (χ0) is 24.5. The van der Waals surface area contributed by atoms with Crippen molar-refractivity contribution in [3.63, 3.8) is 0 Å². The van der Waals surface area contributed by atoms with Gasteiger partial charge in [0.05, 0.1) is 20.8 Å². The van der Waals surface area contributed by atoms with Crippen LogP contribution in [0.15, 0.2) is 24.3 Å².